The Morgan fingerprint density at radius 1 is 1.67 bits per heavy atom. The number of aromatic nitrogens is 2. The first kappa shape index (κ1) is 9.00. The largest absolute Gasteiger partial charge is 0.381 e. The van der Waals surface area contributed by atoms with E-state index in [1.54, 1.807) is 7.11 Å². The minimum Gasteiger partial charge on any atom is -0.381 e. The van der Waals surface area contributed by atoms with Crippen LogP contribution in [0, 0.1) is 0 Å². The fraction of sp³-hybridized carbons (Fsp3) is 0.444. The number of hydrogen-bond acceptors (Lipinski definition) is 1. The van der Waals surface area contributed by atoms with E-state index >= 15 is 0 Å². The van der Waals surface area contributed by atoms with Crippen molar-refractivity contribution in [3.05, 3.63) is 31.4 Å². The first-order chi connectivity index (χ1) is 5.86. The van der Waals surface area contributed by atoms with Crippen molar-refractivity contribution in [2.75, 3.05) is 13.7 Å². The maximum absolute atomic E-state index is 4.96. The van der Waals surface area contributed by atoms with Crippen molar-refractivity contribution in [3.63, 3.8) is 0 Å². The van der Waals surface area contributed by atoms with Crippen LogP contribution in [0.1, 0.15) is 0 Å². The van der Waals surface area contributed by atoms with Gasteiger partial charge in [0.15, 0.2) is 0 Å². The molecule has 66 valence electrons. The van der Waals surface area contributed by atoms with Crippen molar-refractivity contribution in [2.45, 2.75) is 13.1 Å². The van der Waals surface area contributed by atoms with Crippen LogP contribution in [-0.4, -0.2) is 18.3 Å². The Morgan fingerprint density at radius 2 is 2.50 bits per heavy atom. The van der Waals surface area contributed by atoms with E-state index in [-0.39, 0.29) is 0 Å². The third kappa shape index (κ3) is 2.51. The van der Waals surface area contributed by atoms with Crippen molar-refractivity contribution in [2.24, 2.45) is 0 Å². The average molecular weight is 167 g/mol. The second kappa shape index (κ2) is 4.72. The van der Waals surface area contributed by atoms with Gasteiger partial charge in [0.2, 0.25) is 6.33 Å². The molecule has 0 unspecified atom stereocenters. The summed E-state index contributed by atoms with van der Waals surface area (Å²) in [5.74, 6) is 0. The summed E-state index contributed by atoms with van der Waals surface area (Å²) in [4.78, 5) is 0. The molecular weight excluding hydrogens is 152 g/mol. The Balaban J connectivity index is 2.46. The summed E-state index contributed by atoms with van der Waals surface area (Å²) in [6.07, 6.45) is 7.97. The predicted molar refractivity (Wildman–Crippen MR) is 46.7 cm³/mol. The van der Waals surface area contributed by atoms with Gasteiger partial charge in [0, 0.05) is 7.11 Å². The van der Waals surface area contributed by atoms with Crippen molar-refractivity contribution in [1.82, 2.24) is 4.57 Å². The number of ether oxygens (including phenoxy) is 1. The lowest BCUT2D eigenvalue weighted by atomic mass is 10.6. The molecule has 0 aliphatic rings. The first-order valence-electron chi connectivity index (χ1n) is 4.01. The molecule has 0 aliphatic heterocycles. The number of rotatable bonds is 5. The number of hydrogen-bond donors (Lipinski definition) is 0. The van der Waals surface area contributed by atoms with Gasteiger partial charge in [-0.25, -0.2) is 9.13 Å². The van der Waals surface area contributed by atoms with Crippen molar-refractivity contribution in [3.8, 4) is 0 Å². The van der Waals surface area contributed by atoms with Gasteiger partial charge in [0.25, 0.3) is 0 Å². The topological polar surface area (TPSA) is 18.0 Å². The zero-order chi connectivity index (χ0) is 8.81. The van der Waals surface area contributed by atoms with Crippen LogP contribution in [0.5, 0.6) is 0 Å². The van der Waals surface area contributed by atoms with Crippen LogP contribution >= 0.6 is 0 Å². The Kier molecular flexibility index (Phi) is 3.54. The number of allylic oxidation sites excluding steroid dienone is 1. The lowest BCUT2D eigenvalue weighted by Crippen LogP contribution is -2.33. The average Bonchev–Trinajstić information content (AvgIpc) is 2.50. The fourth-order valence-electron chi connectivity index (χ4n) is 1.02. The second-order valence-corrected chi connectivity index (χ2v) is 2.63. The maximum Gasteiger partial charge on any atom is 0.244 e. The van der Waals surface area contributed by atoms with Gasteiger partial charge in [-0.15, -0.1) is 0 Å². The molecule has 0 amide bonds. The summed E-state index contributed by atoms with van der Waals surface area (Å²) < 4.78 is 9.13. The highest BCUT2D eigenvalue weighted by molar-refractivity contribution is 4.73. The molecule has 3 heteroatoms. The molecule has 0 saturated carbocycles. The minimum absolute atomic E-state index is 0.753. The minimum atomic E-state index is 0.753. The smallest absolute Gasteiger partial charge is 0.244 e. The SMILES string of the molecule is C=CCn1cc[n+](CCOC)c1. The summed E-state index contributed by atoms with van der Waals surface area (Å²) in [6.45, 7) is 6.19. The molecule has 0 spiro atoms. The maximum atomic E-state index is 4.96. The summed E-state index contributed by atoms with van der Waals surface area (Å²) in [5.41, 5.74) is 0. The number of nitrogens with zero attached hydrogens (tertiary/aromatic N) is 2. The van der Waals surface area contributed by atoms with E-state index in [4.69, 9.17) is 4.74 Å². The molecule has 0 bridgehead atoms. The van der Waals surface area contributed by atoms with E-state index in [0.717, 1.165) is 19.7 Å². The molecule has 1 aromatic heterocycles. The molecule has 1 heterocycles. The van der Waals surface area contributed by atoms with E-state index < -0.39 is 0 Å². The molecule has 0 atom stereocenters. The van der Waals surface area contributed by atoms with Gasteiger partial charge in [0.05, 0.1) is 6.61 Å². The van der Waals surface area contributed by atoms with Gasteiger partial charge in [-0.05, 0) is 0 Å². The molecule has 0 fully saturated rings. The molecule has 0 aromatic carbocycles. The van der Waals surface area contributed by atoms with Crippen LogP contribution in [0.15, 0.2) is 31.4 Å². The van der Waals surface area contributed by atoms with E-state index in [0.29, 0.717) is 0 Å². The van der Waals surface area contributed by atoms with E-state index in [2.05, 4.69) is 15.7 Å². The molecule has 12 heavy (non-hydrogen) atoms. The fourth-order valence-corrected chi connectivity index (χ4v) is 1.02. The molecule has 1 aromatic rings. The quantitative estimate of drug-likeness (QED) is 0.464. The van der Waals surface area contributed by atoms with Gasteiger partial charge in [-0.2, -0.15) is 0 Å². The monoisotopic (exact) mass is 167 g/mol. The van der Waals surface area contributed by atoms with Gasteiger partial charge in [-0.3, -0.25) is 0 Å². The molecule has 1 rings (SSSR count). The Morgan fingerprint density at radius 3 is 3.17 bits per heavy atom. The summed E-state index contributed by atoms with van der Waals surface area (Å²) in [6, 6.07) is 0. The molecular formula is C9H15N2O+. The summed E-state index contributed by atoms with van der Waals surface area (Å²) in [7, 11) is 1.71. The lowest BCUT2D eigenvalue weighted by molar-refractivity contribution is -0.697. The molecule has 3 nitrogen and oxygen atoms in total. The van der Waals surface area contributed by atoms with E-state index in [1.165, 1.54) is 0 Å². The van der Waals surface area contributed by atoms with Crippen LogP contribution in [0.4, 0.5) is 0 Å². The standard InChI is InChI=1S/C9H15N2O/c1-3-4-10-5-6-11(9-10)7-8-12-2/h3,5-6,9H,1,4,7-8H2,2H3/q+1. The first-order valence-corrected chi connectivity index (χ1v) is 4.01. The zero-order valence-corrected chi connectivity index (χ0v) is 7.44. The highest BCUT2D eigenvalue weighted by Crippen LogP contribution is 1.84. The molecule has 0 aliphatic carbocycles. The predicted octanol–water partition coefficient (Wildman–Crippen LogP) is 0.608. The third-order valence-electron chi connectivity index (χ3n) is 1.64. The highest BCUT2D eigenvalue weighted by Gasteiger charge is 1.99. The van der Waals surface area contributed by atoms with Crippen LogP contribution < -0.4 is 4.57 Å². The number of imidazole rings is 1. The summed E-state index contributed by atoms with van der Waals surface area (Å²) in [5, 5.41) is 0. The van der Waals surface area contributed by atoms with Crippen molar-refractivity contribution >= 4 is 0 Å². The van der Waals surface area contributed by atoms with Gasteiger partial charge in [-0.1, -0.05) is 12.7 Å². The zero-order valence-electron chi connectivity index (χ0n) is 7.44. The van der Waals surface area contributed by atoms with E-state index in [1.807, 2.05) is 24.8 Å². The Labute approximate surface area is 72.9 Å². The second-order valence-electron chi connectivity index (χ2n) is 2.63. The van der Waals surface area contributed by atoms with E-state index in [9.17, 15) is 0 Å². The number of methoxy groups -OCH3 is 1. The van der Waals surface area contributed by atoms with Gasteiger partial charge < -0.3 is 4.74 Å². The third-order valence-corrected chi connectivity index (χ3v) is 1.64. The van der Waals surface area contributed by atoms with Crippen molar-refractivity contribution in [1.29, 1.82) is 0 Å². The van der Waals surface area contributed by atoms with Crippen LogP contribution in [0.25, 0.3) is 0 Å². The summed E-state index contributed by atoms with van der Waals surface area (Å²) >= 11 is 0. The molecule has 0 N–H and O–H groups in total. The normalized spacial score (nSPS) is 10.1. The van der Waals surface area contributed by atoms with Crippen LogP contribution in [0.2, 0.25) is 0 Å². The molecule has 0 saturated heterocycles. The highest BCUT2D eigenvalue weighted by atomic mass is 16.5. The lowest BCUT2D eigenvalue weighted by Gasteiger charge is -1.93. The molecule has 0 radical (unpaired) electrons. The van der Waals surface area contributed by atoms with Gasteiger partial charge in [0.1, 0.15) is 25.5 Å². The Bertz CT molecular complexity index is 242. The van der Waals surface area contributed by atoms with Crippen molar-refractivity contribution < 1.29 is 9.30 Å². The van der Waals surface area contributed by atoms with Gasteiger partial charge >= 0.3 is 0 Å². The van der Waals surface area contributed by atoms with Crippen LogP contribution in [0.3, 0.4) is 0 Å². The Hall–Kier alpha value is -1.09. The van der Waals surface area contributed by atoms with Crippen LogP contribution in [-0.2, 0) is 17.8 Å².